The molecule has 2 N–H and O–H groups in total. The van der Waals surface area contributed by atoms with Crippen molar-refractivity contribution in [1.29, 1.82) is 0 Å². The number of benzene rings is 2. The molecule has 6 heteroatoms. The van der Waals surface area contributed by atoms with Crippen LogP contribution in [-0.4, -0.2) is 12.5 Å². The zero-order valence-electron chi connectivity index (χ0n) is 12.8. The lowest BCUT2D eigenvalue weighted by Gasteiger charge is -2.15. The molecule has 0 bridgehead atoms. The standard InChI is InChI=1S/C17H17F3N2O/c1-10-15(20)4-3-5-16(10)22-17(23)9-21-11(2)12-6-13(18)8-14(19)7-12/h3-8,11,21H,9H2,1-2H3,(H,22,23)/t11-/m0/s1. The molecule has 0 heterocycles. The second-order valence-electron chi connectivity index (χ2n) is 5.27. The number of nitrogens with one attached hydrogen (secondary N) is 2. The Morgan fingerprint density at radius 3 is 2.43 bits per heavy atom. The summed E-state index contributed by atoms with van der Waals surface area (Å²) >= 11 is 0. The fourth-order valence-electron chi connectivity index (χ4n) is 2.13. The van der Waals surface area contributed by atoms with Crippen LogP contribution in [-0.2, 0) is 4.79 Å². The highest BCUT2D eigenvalue weighted by Crippen LogP contribution is 2.18. The van der Waals surface area contributed by atoms with E-state index in [0.717, 1.165) is 6.07 Å². The summed E-state index contributed by atoms with van der Waals surface area (Å²) in [5.41, 5.74) is 1.14. The van der Waals surface area contributed by atoms with E-state index in [9.17, 15) is 18.0 Å². The van der Waals surface area contributed by atoms with Crippen LogP contribution in [0.2, 0.25) is 0 Å². The molecule has 23 heavy (non-hydrogen) atoms. The number of carbonyl (C=O) groups excluding carboxylic acids is 1. The van der Waals surface area contributed by atoms with Gasteiger partial charge in [-0.25, -0.2) is 13.2 Å². The van der Waals surface area contributed by atoms with E-state index in [1.165, 1.54) is 24.3 Å². The van der Waals surface area contributed by atoms with E-state index in [1.54, 1.807) is 19.9 Å². The van der Waals surface area contributed by atoms with Crippen molar-refractivity contribution in [2.24, 2.45) is 0 Å². The molecular formula is C17H17F3N2O. The van der Waals surface area contributed by atoms with Crippen LogP contribution in [0.5, 0.6) is 0 Å². The quantitative estimate of drug-likeness (QED) is 0.881. The minimum atomic E-state index is -0.673. The third-order valence-corrected chi connectivity index (χ3v) is 3.50. The Morgan fingerprint density at radius 2 is 1.78 bits per heavy atom. The van der Waals surface area contributed by atoms with Crippen LogP contribution in [0.4, 0.5) is 18.9 Å². The van der Waals surface area contributed by atoms with E-state index in [4.69, 9.17) is 0 Å². The first-order valence-electron chi connectivity index (χ1n) is 7.11. The molecule has 1 amide bonds. The van der Waals surface area contributed by atoms with E-state index in [-0.39, 0.29) is 12.5 Å². The summed E-state index contributed by atoms with van der Waals surface area (Å²) in [4.78, 5) is 11.9. The highest BCUT2D eigenvalue weighted by Gasteiger charge is 2.11. The van der Waals surface area contributed by atoms with Crippen molar-refractivity contribution in [3.05, 3.63) is 65.0 Å². The fourth-order valence-corrected chi connectivity index (χ4v) is 2.13. The summed E-state index contributed by atoms with van der Waals surface area (Å²) in [7, 11) is 0. The van der Waals surface area contributed by atoms with E-state index < -0.39 is 23.5 Å². The van der Waals surface area contributed by atoms with Crippen molar-refractivity contribution in [3.63, 3.8) is 0 Å². The second kappa shape index (κ2) is 7.28. The summed E-state index contributed by atoms with van der Waals surface area (Å²) in [6.07, 6.45) is 0. The van der Waals surface area contributed by atoms with Crippen molar-refractivity contribution in [3.8, 4) is 0 Å². The molecule has 2 aromatic carbocycles. The normalized spacial score (nSPS) is 12.0. The van der Waals surface area contributed by atoms with Gasteiger partial charge >= 0.3 is 0 Å². The lowest BCUT2D eigenvalue weighted by Crippen LogP contribution is -2.30. The number of amides is 1. The molecule has 122 valence electrons. The molecule has 0 aliphatic carbocycles. The van der Waals surface area contributed by atoms with Crippen LogP contribution in [0.3, 0.4) is 0 Å². The maximum absolute atomic E-state index is 13.4. The largest absolute Gasteiger partial charge is 0.325 e. The monoisotopic (exact) mass is 322 g/mol. The summed E-state index contributed by atoms with van der Waals surface area (Å²) < 4.78 is 39.8. The second-order valence-corrected chi connectivity index (χ2v) is 5.27. The number of carbonyl (C=O) groups is 1. The van der Waals surface area contributed by atoms with Gasteiger partial charge in [0.15, 0.2) is 0 Å². The van der Waals surface area contributed by atoms with Gasteiger partial charge in [-0.15, -0.1) is 0 Å². The average molecular weight is 322 g/mol. The van der Waals surface area contributed by atoms with Gasteiger partial charge in [0.25, 0.3) is 0 Å². The number of rotatable bonds is 5. The van der Waals surface area contributed by atoms with Crippen LogP contribution in [0, 0.1) is 24.4 Å². The molecule has 0 fully saturated rings. The van der Waals surface area contributed by atoms with Gasteiger partial charge in [-0.1, -0.05) is 6.07 Å². The molecule has 3 nitrogen and oxygen atoms in total. The van der Waals surface area contributed by atoms with Crippen LogP contribution >= 0.6 is 0 Å². The minimum Gasteiger partial charge on any atom is -0.325 e. The third-order valence-electron chi connectivity index (χ3n) is 3.50. The van der Waals surface area contributed by atoms with E-state index in [2.05, 4.69) is 10.6 Å². The SMILES string of the molecule is Cc1c(F)cccc1NC(=O)CN[C@@H](C)c1cc(F)cc(F)c1. The third kappa shape index (κ3) is 4.56. The van der Waals surface area contributed by atoms with Crippen molar-refractivity contribution < 1.29 is 18.0 Å². The van der Waals surface area contributed by atoms with Crippen LogP contribution in [0.25, 0.3) is 0 Å². The van der Waals surface area contributed by atoms with Crippen molar-refractivity contribution in [1.82, 2.24) is 5.32 Å². The highest BCUT2D eigenvalue weighted by atomic mass is 19.1. The number of hydrogen-bond acceptors (Lipinski definition) is 2. The Bertz CT molecular complexity index is 699. The minimum absolute atomic E-state index is 0.0742. The van der Waals surface area contributed by atoms with Crippen LogP contribution in [0.1, 0.15) is 24.1 Å². The summed E-state index contributed by atoms with van der Waals surface area (Å²) in [6.45, 7) is 3.18. The summed E-state index contributed by atoms with van der Waals surface area (Å²) in [6, 6.07) is 7.19. The van der Waals surface area contributed by atoms with Crippen molar-refractivity contribution in [2.75, 3.05) is 11.9 Å². The van der Waals surface area contributed by atoms with E-state index in [1.807, 2.05) is 0 Å². The maximum atomic E-state index is 13.4. The first-order valence-corrected chi connectivity index (χ1v) is 7.11. The molecule has 0 radical (unpaired) electrons. The molecule has 0 spiro atoms. The highest BCUT2D eigenvalue weighted by molar-refractivity contribution is 5.93. The Kier molecular flexibility index (Phi) is 5.39. The number of hydrogen-bond donors (Lipinski definition) is 2. The van der Waals surface area contributed by atoms with Gasteiger partial charge in [0.1, 0.15) is 17.5 Å². The molecule has 1 atom stereocenters. The first kappa shape index (κ1) is 17.0. The molecule has 0 unspecified atom stereocenters. The predicted molar refractivity (Wildman–Crippen MR) is 82.5 cm³/mol. The Balaban J connectivity index is 1.94. The van der Waals surface area contributed by atoms with Crippen molar-refractivity contribution in [2.45, 2.75) is 19.9 Å². The Morgan fingerprint density at radius 1 is 1.13 bits per heavy atom. The topological polar surface area (TPSA) is 41.1 Å². The Labute approximate surface area is 132 Å². The smallest absolute Gasteiger partial charge is 0.238 e. The lowest BCUT2D eigenvalue weighted by atomic mass is 10.1. The van der Waals surface area contributed by atoms with Crippen LogP contribution < -0.4 is 10.6 Å². The Hall–Kier alpha value is -2.34. The molecular weight excluding hydrogens is 305 g/mol. The zero-order valence-corrected chi connectivity index (χ0v) is 12.8. The van der Waals surface area contributed by atoms with Gasteiger partial charge in [0.05, 0.1) is 6.54 Å². The predicted octanol–water partition coefficient (Wildman–Crippen LogP) is 3.70. The average Bonchev–Trinajstić information content (AvgIpc) is 2.48. The first-order chi connectivity index (χ1) is 10.9. The molecule has 2 rings (SSSR count). The molecule has 0 aromatic heterocycles. The molecule has 0 aliphatic rings. The van der Waals surface area contributed by atoms with E-state index in [0.29, 0.717) is 16.8 Å². The molecule has 0 saturated heterocycles. The van der Waals surface area contributed by atoms with Gasteiger partial charge in [0, 0.05) is 23.4 Å². The number of halogens is 3. The van der Waals surface area contributed by atoms with Crippen LogP contribution in [0.15, 0.2) is 36.4 Å². The zero-order chi connectivity index (χ0) is 17.0. The fraction of sp³-hybridized carbons (Fsp3) is 0.235. The maximum Gasteiger partial charge on any atom is 0.238 e. The van der Waals surface area contributed by atoms with Gasteiger partial charge in [-0.05, 0) is 43.7 Å². The molecule has 2 aromatic rings. The number of anilines is 1. The molecule has 0 saturated carbocycles. The van der Waals surface area contributed by atoms with Gasteiger partial charge < -0.3 is 10.6 Å². The van der Waals surface area contributed by atoms with Gasteiger partial charge in [-0.3, -0.25) is 4.79 Å². The summed E-state index contributed by atoms with van der Waals surface area (Å²) in [5.74, 6) is -2.12. The van der Waals surface area contributed by atoms with Gasteiger partial charge in [0.2, 0.25) is 5.91 Å². The summed E-state index contributed by atoms with van der Waals surface area (Å²) in [5, 5.41) is 5.46. The van der Waals surface area contributed by atoms with Crippen molar-refractivity contribution >= 4 is 11.6 Å². The molecule has 0 aliphatic heterocycles. The van der Waals surface area contributed by atoms with Gasteiger partial charge in [-0.2, -0.15) is 0 Å². The lowest BCUT2D eigenvalue weighted by molar-refractivity contribution is -0.115. The van der Waals surface area contributed by atoms with E-state index >= 15 is 0 Å².